The molecule has 2 heterocycles. The van der Waals surface area contributed by atoms with E-state index in [0.29, 0.717) is 22.5 Å². The van der Waals surface area contributed by atoms with Gasteiger partial charge in [-0.3, -0.25) is 14.9 Å². The molecule has 1 atom stereocenters. The van der Waals surface area contributed by atoms with Crippen LogP contribution < -0.4 is 10.6 Å². The van der Waals surface area contributed by atoms with Gasteiger partial charge in [-0.2, -0.15) is 0 Å². The number of benzene rings is 1. The molecule has 0 radical (unpaired) electrons. The topological polar surface area (TPSA) is 87.2 Å². The van der Waals surface area contributed by atoms with E-state index in [9.17, 15) is 9.59 Å². The Bertz CT molecular complexity index is 861. The smallest absolute Gasteiger partial charge is 0.258 e. The minimum atomic E-state index is -0.253. The third-order valence-electron chi connectivity index (χ3n) is 4.74. The molecule has 142 valence electrons. The maximum atomic E-state index is 13.0. The van der Waals surface area contributed by atoms with Crippen molar-refractivity contribution in [2.24, 2.45) is 5.92 Å². The van der Waals surface area contributed by atoms with Crippen molar-refractivity contribution in [1.82, 2.24) is 15.1 Å². The van der Waals surface area contributed by atoms with Gasteiger partial charge in [-0.1, -0.05) is 37.3 Å². The zero-order valence-electron chi connectivity index (χ0n) is 15.4. The first-order valence-corrected chi connectivity index (χ1v) is 10.1. The van der Waals surface area contributed by atoms with Crippen molar-refractivity contribution in [3.63, 3.8) is 0 Å². The Morgan fingerprint density at radius 3 is 2.85 bits per heavy atom. The van der Waals surface area contributed by atoms with Gasteiger partial charge in [0.05, 0.1) is 5.56 Å². The van der Waals surface area contributed by atoms with E-state index in [2.05, 4.69) is 34.7 Å². The summed E-state index contributed by atoms with van der Waals surface area (Å²) >= 11 is 1.42. The molecule has 0 spiro atoms. The van der Waals surface area contributed by atoms with Crippen LogP contribution >= 0.6 is 11.3 Å². The molecule has 4 rings (SSSR count). The second kappa shape index (κ2) is 7.26. The fourth-order valence-electron chi connectivity index (χ4n) is 3.26. The SMILES string of the molecule is CC(C)C[C@@H]1Nc2ccccc2C(=O)N1CC(=O)Nc1nnc(C2CC2)s1. The number of hydrogen-bond donors (Lipinski definition) is 2. The molecule has 2 N–H and O–H groups in total. The highest BCUT2D eigenvalue weighted by atomic mass is 32.1. The van der Waals surface area contributed by atoms with E-state index in [1.807, 2.05) is 18.2 Å². The Kier molecular flexibility index (Phi) is 4.82. The monoisotopic (exact) mass is 385 g/mol. The Morgan fingerprint density at radius 2 is 2.11 bits per heavy atom. The average molecular weight is 385 g/mol. The Hall–Kier alpha value is -2.48. The number of fused-ring (bicyclic) bond motifs is 1. The first-order valence-electron chi connectivity index (χ1n) is 9.31. The predicted molar refractivity (Wildman–Crippen MR) is 105 cm³/mol. The molecule has 2 aromatic rings. The largest absolute Gasteiger partial charge is 0.364 e. The third kappa shape index (κ3) is 3.95. The number of hydrogen-bond acceptors (Lipinski definition) is 6. The van der Waals surface area contributed by atoms with Gasteiger partial charge in [-0.15, -0.1) is 10.2 Å². The standard InChI is InChI=1S/C19H23N5O2S/c1-11(2)9-15-20-14-6-4-3-5-13(14)18(26)24(15)10-16(25)21-19-23-22-17(27-19)12-7-8-12/h3-6,11-12,15,20H,7-10H2,1-2H3,(H,21,23,25)/t15-/m1/s1. The number of nitrogens with zero attached hydrogens (tertiary/aromatic N) is 3. The first kappa shape index (κ1) is 17.9. The van der Waals surface area contributed by atoms with Crippen molar-refractivity contribution in [2.75, 3.05) is 17.2 Å². The molecule has 2 aliphatic rings. The molecule has 1 fully saturated rings. The van der Waals surface area contributed by atoms with Crippen molar-refractivity contribution in [3.05, 3.63) is 34.8 Å². The summed E-state index contributed by atoms with van der Waals surface area (Å²) in [5.41, 5.74) is 1.42. The van der Waals surface area contributed by atoms with Crippen LogP contribution in [0.25, 0.3) is 0 Å². The van der Waals surface area contributed by atoms with Gasteiger partial charge in [0.2, 0.25) is 11.0 Å². The fraction of sp³-hybridized carbons (Fsp3) is 0.474. The van der Waals surface area contributed by atoms with E-state index >= 15 is 0 Å². The van der Waals surface area contributed by atoms with Crippen molar-refractivity contribution < 1.29 is 9.59 Å². The number of amides is 2. The minimum Gasteiger partial charge on any atom is -0.364 e. The molecule has 1 aliphatic heterocycles. The normalized spacial score (nSPS) is 19.0. The van der Waals surface area contributed by atoms with Gasteiger partial charge < -0.3 is 10.2 Å². The number of aromatic nitrogens is 2. The molecule has 8 heteroatoms. The molecule has 1 aromatic heterocycles. The summed E-state index contributed by atoms with van der Waals surface area (Å²) in [6, 6.07) is 7.42. The van der Waals surface area contributed by atoms with Gasteiger partial charge in [0, 0.05) is 11.6 Å². The van der Waals surface area contributed by atoms with Crippen LogP contribution in [-0.2, 0) is 4.79 Å². The maximum Gasteiger partial charge on any atom is 0.258 e. The molecule has 0 saturated heterocycles. The lowest BCUT2D eigenvalue weighted by Crippen LogP contribution is -2.52. The summed E-state index contributed by atoms with van der Waals surface area (Å²) in [6.07, 6.45) is 2.84. The van der Waals surface area contributed by atoms with Gasteiger partial charge in [0.1, 0.15) is 17.7 Å². The number of para-hydroxylation sites is 1. The summed E-state index contributed by atoms with van der Waals surface area (Å²) in [6.45, 7) is 4.19. The van der Waals surface area contributed by atoms with E-state index in [1.165, 1.54) is 11.3 Å². The van der Waals surface area contributed by atoms with Gasteiger partial charge in [-0.05, 0) is 37.3 Å². The number of carbonyl (C=O) groups excluding carboxylic acids is 2. The summed E-state index contributed by atoms with van der Waals surface area (Å²) < 4.78 is 0. The van der Waals surface area contributed by atoms with Crippen LogP contribution in [0.1, 0.15) is 54.4 Å². The molecule has 1 saturated carbocycles. The zero-order valence-corrected chi connectivity index (χ0v) is 16.3. The lowest BCUT2D eigenvalue weighted by Gasteiger charge is -2.38. The summed E-state index contributed by atoms with van der Waals surface area (Å²) in [4.78, 5) is 27.2. The molecule has 1 aromatic carbocycles. The fourth-order valence-corrected chi connectivity index (χ4v) is 4.19. The molecular formula is C19H23N5O2S. The predicted octanol–water partition coefficient (Wildman–Crippen LogP) is 3.29. The van der Waals surface area contributed by atoms with Crippen LogP contribution in [0, 0.1) is 5.92 Å². The van der Waals surface area contributed by atoms with Crippen LogP contribution in [-0.4, -0.2) is 39.6 Å². The van der Waals surface area contributed by atoms with Crippen molar-refractivity contribution in [3.8, 4) is 0 Å². The summed E-state index contributed by atoms with van der Waals surface area (Å²) in [5, 5.41) is 15.9. The van der Waals surface area contributed by atoms with Crippen molar-refractivity contribution >= 4 is 34.0 Å². The molecule has 7 nitrogen and oxygen atoms in total. The molecule has 0 unspecified atom stereocenters. The van der Waals surface area contributed by atoms with Crippen LogP contribution in [0.3, 0.4) is 0 Å². The highest BCUT2D eigenvalue weighted by Crippen LogP contribution is 2.42. The van der Waals surface area contributed by atoms with E-state index in [0.717, 1.165) is 30.0 Å². The first-order chi connectivity index (χ1) is 13.0. The van der Waals surface area contributed by atoms with Gasteiger partial charge in [0.15, 0.2) is 0 Å². The second-order valence-electron chi connectivity index (χ2n) is 7.54. The molecule has 27 heavy (non-hydrogen) atoms. The van der Waals surface area contributed by atoms with Crippen LogP contribution in [0.2, 0.25) is 0 Å². The lowest BCUT2D eigenvalue weighted by atomic mass is 10.0. The lowest BCUT2D eigenvalue weighted by molar-refractivity contribution is -0.117. The number of carbonyl (C=O) groups is 2. The highest BCUT2D eigenvalue weighted by molar-refractivity contribution is 7.15. The van der Waals surface area contributed by atoms with Crippen molar-refractivity contribution in [2.45, 2.75) is 45.2 Å². The number of anilines is 2. The van der Waals surface area contributed by atoms with E-state index in [1.54, 1.807) is 11.0 Å². The van der Waals surface area contributed by atoms with E-state index < -0.39 is 0 Å². The van der Waals surface area contributed by atoms with E-state index in [4.69, 9.17) is 0 Å². The molecule has 2 amide bonds. The Labute approximate surface area is 162 Å². The van der Waals surface area contributed by atoms with Gasteiger partial charge in [0.25, 0.3) is 5.91 Å². The third-order valence-corrected chi connectivity index (χ3v) is 5.74. The zero-order chi connectivity index (χ0) is 19.0. The van der Waals surface area contributed by atoms with Crippen LogP contribution in [0.5, 0.6) is 0 Å². The Morgan fingerprint density at radius 1 is 1.33 bits per heavy atom. The number of nitrogens with one attached hydrogen (secondary N) is 2. The highest BCUT2D eigenvalue weighted by Gasteiger charge is 2.33. The maximum absolute atomic E-state index is 13.0. The summed E-state index contributed by atoms with van der Waals surface area (Å²) in [7, 11) is 0. The number of rotatable bonds is 6. The van der Waals surface area contributed by atoms with Gasteiger partial charge >= 0.3 is 0 Å². The van der Waals surface area contributed by atoms with E-state index in [-0.39, 0.29) is 24.5 Å². The van der Waals surface area contributed by atoms with Gasteiger partial charge in [-0.25, -0.2) is 0 Å². The molecule has 0 bridgehead atoms. The average Bonchev–Trinajstić information content (AvgIpc) is 3.38. The van der Waals surface area contributed by atoms with Crippen LogP contribution in [0.4, 0.5) is 10.8 Å². The minimum absolute atomic E-state index is 0.0180. The van der Waals surface area contributed by atoms with Crippen LogP contribution in [0.15, 0.2) is 24.3 Å². The summed E-state index contributed by atoms with van der Waals surface area (Å²) in [5.74, 6) is 0.515. The second-order valence-corrected chi connectivity index (χ2v) is 8.55. The quantitative estimate of drug-likeness (QED) is 0.797. The Balaban J connectivity index is 1.48. The molecule has 1 aliphatic carbocycles. The molecular weight excluding hydrogens is 362 g/mol. The van der Waals surface area contributed by atoms with Crippen molar-refractivity contribution in [1.29, 1.82) is 0 Å².